The normalized spacial score (nSPS) is 15.6. The maximum absolute atomic E-state index is 14.5. The molecular weight excluding hydrogens is 338 g/mol. The molecule has 0 bridgehead atoms. The van der Waals surface area contributed by atoms with E-state index in [4.69, 9.17) is 23.2 Å². The first-order valence-electron chi connectivity index (χ1n) is 7.50. The summed E-state index contributed by atoms with van der Waals surface area (Å²) < 4.78 is 16.2. The lowest BCUT2D eigenvalue weighted by Gasteiger charge is -2.18. The molecule has 23 heavy (non-hydrogen) atoms. The van der Waals surface area contributed by atoms with E-state index >= 15 is 0 Å². The van der Waals surface area contributed by atoms with Crippen molar-refractivity contribution in [3.8, 4) is 11.1 Å². The SMILES string of the molecule is Fc1cccc(Cl)c1-c1c(Cl)nc2ncnn2c1C1CCCC1. The molecule has 0 N–H and O–H groups in total. The van der Waals surface area contributed by atoms with Crippen molar-refractivity contribution < 1.29 is 4.39 Å². The maximum Gasteiger partial charge on any atom is 0.253 e. The Bertz CT molecular complexity index is 867. The summed E-state index contributed by atoms with van der Waals surface area (Å²) in [6.45, 7) is 0. The van der Waals surface area contributed by atoms with Crippen LogP contribution in [0.25, 0.3) is 16.9 Å². The van der Waals surface area contributed by atoms with Crippen LogP contribution in [0.5, 0.6) is 0 Å². The van der Waals surface area contributed by atoms with Crippen molar-refractivity contribution in [2.45, 2.75) is 31.6 Å². The van der Waals surface area contributed by atoms with E-state index in [0.29, 0.717) is 16.4 Å². The van der Waals surface area contributed by atoms with Gasteiger partial charge in [-0.05, 0) is 25.0 Å². The smallest absolute Gasteiger partial charge is 0.206 e. The van der Waals surface area contributed by atoms with Gasteiger partial charge in [0.1, 0.15) is 17.3 Å². The minimum absolute atomic E-state index is 0.208. The van der Waals surface area contributed by atoms with E-state index in [9.17, 15) is 4.39 Å². The number of hydrogen-bond donors (Lipinski definition) is 0. The van der Waals surface area contributed by atoms with Crippen LogP contribution in [0.4, 0.5) is 4.39 Å². The Morgan fingerprint density at radius 1 is 1.13 bits per heavy atom. The van der Waals surface area contributed by atoms with Crippen molar-refractivity contribution in [1.29, 1.82) is 0 Å². The Morgan fingerprint density at radius 2 is 1.91 bits per heavy atom. The number of aromatic nitrogens is 4. The van der Waals surface area contributed by atoms with E-state index < -0.39 is 5.82 Å². The molecule has 4 rings (SSSR count). The number of fused-ring (bicyclic) bond motifs is 1. The summed E-state index contributed by atoms with van der Waals surface area (Å²) in [6, 6.07) is 4.60. The quantitative estimate of drug-likeness (QED) is 0.617. The highest BCUT2D eigenvalue weighted by Crippen LogP contribution is 2.44. The Balaban J connectivity index is 2.09. The molecule has 1 aliphatic rings. The summed E-state index contributed by atoms with van der Waals surface area (Å²) in [6.07, 6.45) is 5.71. The first kappa shape index (κ1) is 14.8. The zero-order chi connectivity index (χ0) is 16.0. The van der Waals surface area contributed by atoms with Gasteiger partial charge in [0.15, 0.2) is 0 Å². The molecule has 2 heterocycles. The monoisotopic (exact) mass is 350 g/mol. The van der Waals surface area contributed by atoms with Gasteiger partial charge in [0.2, 0.25) is 0 Å². The molecule has 0 amide bonds. The predicted molar refractivity (Wildman–Crippen MR) is 87.4 cm³/mol. The molecule has 1 fully saturated rings. The number of halogens is 3. The van der Waals surface area contributed by atoms with Crippen LogP contribution in [-0.2, 0) is 0 Å². The van der Waals surface area contributed by atoms with Gasteiger partial charge in [-0.1, -0.05) is 42.1 Å². The zero-order valence-corrected chi connectivity index (χ0v) is 13.6. The van der Waals surface area contributed by atoms with E-state index in [-0.39, 0.29) is 16.6 Å². The van der Waals surface area contributed by atoms with E-state index in [1.165, 1.54) is 12.4 Å². The summed E-state index contributed by atoms with van der Waals surface area (Å²) >= 11 is 12.7. The zero-order valence-electron chi connectivity index (χ0n) is 12.1. The number of hydrogen-bond acceptors (Lipinski definition) is 3. The standard InChI is InChI=1S/C16H13Cl2FN4/c17-10-6-3-7-11(19)12(10)13-14(9-4-1-2-5-9)23-16(20-8-21-23)22-15(13)18/h3,6-9H,1-2,4-5H2. The Labute approximate surface area is 142 Å². The molecular formula is C16H13Cl2FN4. The van der Waals surface area contributed by atoms with Crippen LogP contribution < -0.4 is 0 Å². The second kappa shape index (κ2) is 5.73. The largest absolute Gasteiger partial charge is 0.253 e. The third-order valence-corrected chi connectivity index (χ3v) is 4.96. The van der Waals surface area contributed by atoms with Crippen molar-refractivity contribution in [3.05, 3.63) is 46.2 Å². The topological polar surface area (TPSA) is 43.1 Å². The second-order valence-corrected chi connectivity index (χ2v) is 6.48. The van der Waals surface area contributed by atoms with Crippen molar-refractivity contribution in [2.75, 3.05) is 0 Å². The molecule has 118 valence electrons. The third-order valence-electron chi connectivity index (χ3n) is 4.37. The van der Waals surface area contributed by atoms with E-state index in [2.05, 4.69) is 15.1 Å². The summed E-state index contributed by atoms with van der Waals surface area (Å²) in [4.78, 5) is 8.38. The lowest BCUT2D eigenvalue weighted by atomic mass is 9.95. The predicted octanol–water partition coefficient (Wildman–Crippen LogP) is 4.89. The number of nitrogens with zero attached hydrogens (tertiary/aromatic N) is 4. The molecule has 0 unspecified atom stereocenters. The summed E-state index contributed by atoms with van der Waals surface area (Å²) in [5.41, 5.74) is 1.66. The molecule has 7 heteroatoms. The molecule has 0 saturated heterocycles. The first-order chi connectivity index (χ1) is 11.2. The highest BCUT2D eigenvalue weighted by atomic mass is 35.5. The Kier molecular flexibility index (Phi) is 3.70. The van der Waals surface area contributed by atoms with Crippen molar-refractivity contribution in [1.82, 2.24) is 19.6 Å². The average molecular weight is 351 g/mol. The molecule has 0 atom stereocenters. The van der Waals surface area contributed by atoms with Crippen LogP contribution in [0.1, 0.15) is 37.3 Å². The maximum atomic E-state index is 14.5. The molecule has 0 spiro atoms. The van der Waals surface area contributed by atoms with Gasteiger partial charge in [0.05, 0.1) is 10.7 Å². The molecule has 1 aromatic carbocycles. The van der Waals surface area contributed by atoms with Gasteiger partial charge in [-0.15, -0.1) is 0 Å². The molecule has 3 aromatic rings. The van der Waals surface area contributed by atoms with Crippen molar-refractivity contribution in [3.63, 3.8) is 0 Å². The highest BCUT2D eigenvalue weighted by Gasteiger charge is 2.29. The Hall–Kier alpha value is -1.72. The molecule has 4 nitrogen and oxygen atoms in total. The first-order valence-corrected chi connectivity index (χ1v) is 8.26. The van der Waals surface area contributed by atoms with Crippen LogP contribution in [-0.4, -0.2) is 19.6 Å². The average Bonchev–Trinajstić information content (AvgIpc) is 3.18. The van der Waals surface area contributed by atoms with Crippen LogP contribution in [0.2, 0.25) is 10.2 Å². The molecule has 2 aromatic heterocycles. The molecule has 1 saturated carbocycles. The Morgan fingerprint density at radius 3 is 2.65 bits per heavy atom. The molecule has 1 aliphatic carbocycles. The van der Waals surface area contributed by atoms with Crippen LogP contribution in [0.3, 0.4) is 0 Å². The van der Waals surface area contributed by atoms with E-state index in [1.54, 1.807) is 16.6 Å². The lowest BCUT2D eigenvalue weighted by molar-refractivity contribution is 0.627. The second-order valence-electron chi connectivity index (χ2n) is 5.71. The minimum atomic E-state index is -0.417. The van der Waals surface area contributed by atoms with Crippen molar-refractivity contribution in [2.24, 2.45) is 0 Å². The van der Waals surface area contributed by atoms with Gasteiger partial charge >= 0.3 is 0 Å². The summed E-state index contributed by atoms with van der Waals surface area (Å²) in [7, 11) is 0. The minimum Gasteiger partial charge on any atom is -0.206 e. The number of rotatable bonds is 2. The fourth-order valence-corrected chi connectivity index (χ4v) is 3.91. The van der Waals surface area contributed by atoms with Crippen LogP contribution in [0, 0.1) is 5.82 Å². The van der Waals surface area contributed by atoms with Crippen LogP contribution >= 0.6 is 23.2 Å². The van der Waals surface area contributed by atoms with Gasteiger partial charge in [0.25, 0.3) is 5.78 Å². The van der Waals surface area contributed by atoms with Crippen molar-refractivity contribution >= 4 is 29.0 Å². The lowest BCUT2D eigenvalue weighted by Crippen LogP contribution is -2.09. The van der Waals surface area contributed by atoms with Gasteiger partial charge in [-0.25, -0.2) is 8.91 Å². The van der Waals surface area contributed by atoms with Gasteiger partial charge in [-0.3, -0.25) is 0 Å². The van der Waals surface area contributed by atoms with Gasteiger partial charge in [-0.2, -0.15) is 15.1 Å². The highest BCUT2D eigenvalue weighted by molar-refractivity contribution is 6.36. The summed E-state index contributed by atoms with van der Waals surface area (Å²) in [5, 5.41) is 4.79. The van der Waals surface area contributed by atoms with Gasteiger partial charge < -0.3 is 0 Å². The third kappa shape index (κ3) is 2.39. The number of benzene rings is 1. The fraction of sp³-hybridized carbons (Fsp3) is 0.312. The van der Waals surface area contributed by atoms with Gasteiger partial charge in [0, 0.05) is 17.0 Å². The fourth-order valence-electron chi connectivity index (χ4n) is 3.38. The summed E-state index contributed by atoms with van der Waals surface area (Å²) in [5.74, 6) is 0.249. The van der Waals surface area contributed by atoms with E-state index in [0.717, 1.165) is 31.4 Å². The van der Waals surface area contributed by atoms with Crippen LogP contribution in [0.15, 0.2) is 24.5 Å². The molecule has 0 aliphatic heterocycles. The van der Waals surface area contributed by atoms with E-state index in [1.807, 2.05) is 0 Å². The molecule has 0 radical (unpaired) electrons.